The van der Waals surface area contributed by atoms with Gasteiger partial charge in [-0.2, -0.15) is 0 Å². The van der Waals surface area contributed by atoms with Crippen molar-refractivity contribution in [3.63, 3.8) is 0 Å². The van der Waals surface area contributed by atoms with Crippen molar-refractivity contribution in [3.8, 4) is 0 Å². The van der Waals surface area contributed by atoms with Crippen LogP contribution in [-0.4, -0.2) is 49.4 Å². The number of aliphatic hydroxyl groups excluding tert-OH is 1. The van der Waals surface area contributed by atoms with Crippen LogP contribution < -0.4 is 4.72 Å². The molecule has 0 spiro atoms. The average Bonchev–Trinajstić information content (AvgIpc) is 2.83. The molecule has 1 rings (SSSR count). The summed E-state index contributed by atoms with van der Waals surface area (Å²) in [6.07, 6.45) is 3.53. The van der Waals surface area contributed by atoms with E-state index in [1.807, 2.05) is 6.92 Å². The summed E-state index contributed by atoms with van der Waals surface area (Å²) in [4.78, 5) is 3.84. The number of imidazole rings is 1. The van der Waals surface area contributed by atoms with E-state index in [9.17, 15) is 8.42 Å². The summed E-state index contributed by atoms with van der Waals surface area (Å²) in [5.41, 5.74) is 0. The lowest BCUT2D eigenvalue weighted by Gasteiger charge is -2.04. The highest BCUT2D eigenvalue weighted by Gasteiger charge is 2.16. The molecule has 0 aromatic carbocycles. The SMILES string of the molecule is CCn1cnc(S(=O)(=O)NCCCOCCO)c1. The van der Waals surface area contributed by atoms with Crippen molar-refractivity contribution >= 4 is 10.0 Å². The normalized spacial score (nSPS) is 11.9. The number of aromatic nitrogens is 2. The first-order chi connectivity index (χ1) is 8.60. The molecule has 0 radical (unpaired) electrons. The molecule has 0 saturated carbocycles. The van der Waals surface area contributed by atoms with E-state index in [1.165, 1.54) is 12.5 Å². The fourth-order valence-electron chi connectivity index (χ4n) is 1.27. The molecule has 18 heavy (non-hydrogen) atoms. The summed E-state index contributed by atoms with van der Waals surface area (Å²) >= 11 is 0. The fourth-order valence-corrected chi connectivity index (χ4v) is 2.29. The van der Waals surface area contributed by atoms with Gasteiger partial charge in [0.1, 0.15) is 0 Å². The van der Waals surface area contributed by atoms with Gasteiger partial charge in [0.25, 0.3) is 10.0 Å². The Kier molecular flexibility index (Phi) is 6.27. The van der Waals surface area contributed by atoms with Gasteiger partial charge in [-0.15, -0.1) is 0 Å². The van der Waals surface area contributed by atoms with Crippen molar-refractivity contribution in [1.82, 2.24) is 14.3 Å². The van der Waals surface area contributed by atoms with Crippen LogP contribution in [0.5, 0.6) is 0 Å². The van der Waals surface area contributed by atoms with Crippen molar-refractivity contribution in [2.45, 2.75) is 24.9 Å². The molecule has 2 N–H and O–H groups in total. The lowest BCUT2D eigenvalue weighted by atomic mass is 10.5. The Labute approximate surface area is 107 Å². The molecule has 0 bridgehead atoms. The van der Waals surface area contributed by atoms with Crippen LogP contribution in [0.4, 0.5) is 0 Å². The molecule has 1 aromatic heterocycles. The predicted molar refractivity (Wildman–Crippen MR) is 65.6 cm³/mol. The average molecular weight is 277 g/mol. The van der Waals surface area contributed by atoms with Gasteiger partial charge in [-0.25, -0.2) is 18.1 Å². The van der Waals surface area contributed by atoms with Crippen LogP contribution in [0.1, 0.15) is 13.3 Å². The zero-order valence-electron chi connectivity index (χ0n) is 10.4. The van der Waals surface area contributed by atoms with Crippen LogP contribution in [0.25, 0.3) is 0 Å². The quantitative estimate of drug-likeness (QED) is 0.598. The minimum Gasteiger partial charge on any atom is -0.394 e. The lowest BCUT2D eigenvalue weighted by Crippen LogP contribution is -2.26. The fraction of sp³-hybridized carbons (Fsp3) is 0.700. The van der Waals surface area contributed by atoms with Crippen LogP contribution in [0, 0.1) is 0 Å². The number of nitrogens with one attached hydrogen (secondary N) is 1. The van der Waals surface area contributed by atoms with Crippen molar-refractivity contribution in [3.05, 3.63) is 12.5 Å². The van der Waals surface area contributed by atoms with E-state index in [0.717, 1.165) is 0 Å². The minimum atomic E-state index is -3.53. The van der Waals surface area contributed by atoms with Gasteiger partial charge in [-0.1, -0.05) is 0 Å². The van der Waals surface area contributed by atoms with Gasteiger partial charge >= 0.3 is 0 Å². The van der Waals surface area contributed by atoms with Gasteiger partial charge in [0.2, 0.25) is 0 Å². The second-order valence-electron chi connectivity index (χ2n) is 3.63. The molecule has 1 aromatic rings. The van der Waals surface area contributed by atoms with Gasteiger partial charge in [0.05, 0.1) is 19.5 Å². The lowest BCUT2D eigenvalue weighted by molar-refractivity contribution is 0.0913. The van der Waals surface area contributed by atoms with Crippen LogP contribution >= 0.6 is 0 Å². The highest BCUT2D eigenvalue weighted by atomic mass is 32.2. The summed E-state index contributed by atoms with van der Waals surface area (Å²) in [6.45, 7) is 3.52. The number of ether oxygens (including phenoxy) is 1. The largest absolute Gasteiger partial charge is 0.394 e. The van der Waals surface area contributed by atoms with Crippen molar-refractivity contribution in [2.75, 3.05) is 26.4 Å². The Hall–Kier alpha value is -0.960. The van der Waals surface area contributed by atoms with E-state index >= 15 is 0 Å². The van der Waals surface area contributed by atoms with Crippen LogP contribution in [0.2, 0.25) is 0 Å². The number of sulfonamides is 1. The molecule has 0 fully saturated rings. The number of nitrogens with zero attached hydrogens (tertiary/aromatic N) is 2. The number of aliphatic hydroxyl groups is 1. The summed E-state index contributed by atoms with van der Waals surface area (Å²) < 4.78 is 32.7. The van der Waals surface area contributed by atoms with E-state index in [-0.39, 0.29) is 24.8 Å². The molecular weight excluding hydrogens is 258 g/mol. The molecule has 0 unspecified atom stereocenters. The first-order valence-electron chi connectivity index (χ1n) is 5.80. The highest BCUT2D eigenvalue weighted by molar-refractivity contribution is 7.89. The third kappa shape index (κ3) is 4.73. The highest BCUT2D eigenvalue weighted by Crippen LogP contribution is 2.04. The third-order valence-corrected chi connectivity index (χ3v) is 3.59. The van der Waals surface area contributed by atoms with Crippen LogP contribution in [-0.2, 0) is 21.3 Å². The first kappa shape index (κ1) is 15.1. The van der Waals surface area contributed by atoms with Crippen LogP contribution in [0.3, 0.4) is 0 Å². The molecule has 7 nitrogen and oxygen atoms in total. The molecule has 0 aliphatic carbocycles. The second kappa shape index (κ2) is 7.47. The van der Waals surface area contributed by atoms with Gasteiger partial charge in [0, 0.05) is 25.9 Å². The van der Waals surface area contributed by atoms with Crippen molar-refractivity contribution < 1.29 is 18.3 Å². The van der Waals surface area contributed by atoms with Gasteiger partial charge < -0.3 is 14.4 Å². The van der Waals surface area contributed by atoms with E-state index in [1.54, 1.807) is 4.57 Å². The zero-order chi connectivity index (χ0) is 13.4. The molecule has 8 heteroatoms. The number of hydrogen-bond acceptors (Lipinski definition) is 5. The Balaban J connectivity index is 2.36. The van der Waals surface area contributed by atoms with Crippen LogP contribution in [0.15, 0.2) is 17.6 Å². The Bertz CT molecular complexity index is 444. The maximum absolute atomic E-state index is 11.8. The maximum Gasteiger partial charge on any atom is 0.259 e. The Morgan fingerprint density at radius 2 is 2.28 bits per heavy atom. The zero-order valence-corrected chi connectivity index (χ0v) is 11.2. The summed E-state index contributed by atoms with van der Waals surface area (Å²) in [5, 5.41) is 8.51. The monoisotopic (exact) mass is 277 g/mol. The smallest absolute Gasteiger partial charge is 0.259 e. The number of hydrogen-bond donors (Lipinski definition) is 2. The topological polar surface area (TPSA) is 93.5 Å². The summed E-state index contributed by atoms with van der Waals surface area (Å²) in [7, 11) is -3.53. The Morgan fingerprint density at radius 3 is 2.89 bits per heavy atom. The van der Waals surface area contributed by atoms with E-state index in [0.29, 0.717) is 19.6 Å². The minimum absolute atomic E-state index is 0.0276. The standard InChI is InChI=1S/C10H19N3O4S/c1-2-13-8-10(11-9-13)18(15,16)12-4-3-6-17-7-5-14/h8-9,12,14H,2-7H2,1H3. The van der Waals surface area contributed by atoms with E-state index in [4.69, 9.17) is 9.84 Å². The van der Waals surface area contributed by atoms with E-state index in [2.05, 4.69) is 9.71 Å². The number of rotatable bonds is 9. The third-order valence-electron chi connectivity index (χ3n) is 2.24. The predicted octanol–water partition coefficient (Wildman–Crippen LogP) is -0.420. The van der Waals surface area contributed by atoms with Gasteiger partial charge in [-0.05, 0) is 13.3 Å². The van der Waals surface area contributed by atoms with Crippen molar-refractivity contribution in [2.24, 2.45) is 0 Å². The molecule has 0 aliphatic heterocycles. The van der Waals surface area contributed by atoms with Crippen molar-refractivity contribution in [1.29, 1.82) is 0 Å². The maximum atomic E-state index is 11.8. The second-order valence-corrected chi connectivity index (χ2v) is 5.34. The summed E-state index contributed by atoms with van der Waals surface area (Å²) in [6, 6.07) is 0. The molecular formula is C10H19N3O4S. The molecule has 0 saturated heterocycles. The van der Waals surface area contributed by atoms with Gasteiger partial charge in [-0.3, -0.25) is 0 Å². The first-order valence-corrected chi connectivity index (χ1v) is 7.28. The van der Waals surface area contributed by atoms with E-state index < -0.39 is 10.0 Å². The molecule has 1 heterocycles. The molecule has 0 amide bonds. The number of aryl methyl sites for hydroxylation is 1. The van der Waals surface area contributed by atoms with Gasteiger partial charge in [0.15, 0.2) is 5.03 Å². The Morgan fingerprint density at radius 1 is 1.50 bits per heavy atom. The summed E-state index contributed by atoms with van der Waals surface area (Å²) in [5.74, 6) is 0. The molecule has 104 valence electrons. The molecule has 0 aliphatic rings. The molecule has 0 atom stereocenters.